The average molecular weight is 383 g/mol. The molecule has 0 aromatic heterocycles. The number of Topliss-reactive ketones (excluding diaryl/α,β-unsaturated/α-hetero) is 1. The molecule has 2 fully saturated rings. The van der Waals surface area contributed by atoms with Crippen molar-refractivity contribution < 1.29 is 15.0 Å². The molecular weight excluding hydrogens is 348 g/mol. The first-order valence-electron chi connectivity index (χ1n) is 11.2. The van der Waals surface area contributed by atoms with Gasteiger partial charge in [0.05, 0.1) is 23.0 Å². The Morgan fingerprint density at radius 2 is 1.04 bits per heavy atom. The fourth-order valence-electron chi connectivity index (χ4n) is 6.20. The van der Waals surface area contributed by atoms with Gasteiger partial charge in [-0.25, -0.2) is 0 Å². The van der Waals surface area contributed by atoms with E-state index in [1.54, 1.807) is 0 Å². The number of hydrogen-bond donors (Lipinski definition) is 2. The standard InChI is InChI=1S/C25H34O3/c26-21-11-7-19(8-12-21)24(15-3-1-4-16-24)23(28)25(17-5-2-6-18-25)20-9-13-22(27)14-10-20/h1-6,15,17,19-22,26-27H,7-14,16,18H2. The van der Waals surface area contributed by atoms with Gasteiger partial charge in [0.15, 0.2) is 5.78 Å². The van der Waals surface area contributed by atoms with Crippen LogP contribution in [0.4, 0.5) is 0 Å². The van der Waals surface area contributed by atoms with E-state index in [0.717, 1.165) is 64.2 Å². The third-order valence-electron chi connectivity index (χ3n) is 7.89. The molecule has 0 radical (unpaired) electrons. The SMILES string of the molecule is O=C(C1(C2CCC(O)CC2)C=CC=CC1)C1(C2CCC(O)CC2)C=CC=CC1. The molecule has 2 unspecified atom stereocenters. The molecule has 3 heteroatoms. The number of ketones is 1. The number of aliphatic hydroxyl groups is 2. The second-order valence-corrected chi connectivity index (χ2v) is 9.40. The van der Waals surface area contributed by atoms with Gasteiger partial charge in [0, 0.05) is 0 Å². The minimum absolute atomic E-state index is 0.210. The summed E-state index contributed by atoms with van der Waals surface area (Å²) in [5, 5.41) is 20.0. The van der Waals surface area contributed by atoms with Crippen LogP contribution in [0.25, 0.3) is 0 Å². The van der Waals surface area contributed by atoms with Gasteiger partial charge in [-0.2, -0.15) is 0 Å². The molecule has 4 aliphatic carbocycles. The second-order valence-electron chi connectivity index (χ2n) is 9.40. The van der Waals surface area contributed by atoms with Gasteiger partial charge < -0.3 is 10.2 Å². The second kappa shape index (κ2) is 8.12. The molecule has 2 saturated carbocycles. The highest BCUT2D eigenvalue weighted by Crippen LogP contribution is 2.54. The van der Waals surface area contributed by atoms with Crippen molar-refractivity contribution in [1.82, 2.24) is 0 Å². The van der Waals surface area contributed by atoms with Crippen molar-refractivity contribution in [2.75, 3.05) is 0 Å². The molecule has 2 atom stereocenters. The lowest BCUT2D eigenvalue weighted by Gasteiger charge is -2.49. The molecule has 0 aromatic rings. The lowest BCUT2D eigenvalue weighted by Crippen LogP contribution is -2.51. The van der Waals surface area contributed by atoms with Gasteiger partial charge in [0.25, 0.3) is 0 Å². The van der Waals surface area contributed by atoms with Crippen LogP contribution in [0.1, 0.15) is 64.2 Å². The van der Waals surface area contributed by atoms with E-state index >= 15 is 0 Å². The van der Waals surface area contributed by atoms with Crippen LogP contribution < -0.4 is 0 Å². The van der Waals surface area contributed by atoms with E-state index in [2.05, 4.69) is 48.6 Å². The maximum Gasteiger partial charge on any atom is 0.153 e. The van der Waals surface area contributed by atoms with Crippen molar-refractivity contribution >= 4 is 5.78 Å². The summed E-state index contributed by atoms with van der Waals surface area (Å²) in [6, 6.07) is 0. The van der Waals surface area contributed by atoms with E-state index in [0.29, 0.717) is 17.6 Å². The van der Waals surface area contributed by atoms with Crippen LogP contribution in [0.3, 0.4) is 0 Å². The lowest BCUT2D eigenvalue weighted by molar-refractivity contribution is -0.142. The molecule has 0 saturated heterocycles. The maximum absolute atomic E-state index is 14.5. The van der Waals surface area contributed by atoms with Gasteiger partial charge in [0.1, 0.15) is 0 Å². The van der Waals surface area contributed by atoms with Gasteiger partial charge in [-0.3, -0.25) is 4.79 Å². The Labute approximate surface area is 168 Å². The number of carbonyl (C=O) groups excluding carboxylic acids is 1. The first-order valence-corrected chi connectivity index (χ1v) is 11.2. The molecule has 0 aliphatic heterocycles. The minimum Gasteiger partial charge on any atom is -0.393 e. The molecule has 0 aromatic carbocycles. The van der Waals surface area contributed by atoms with Crippen LogP contribution in [0.5, 0.6) is 0 Å². The Morgan fingerprint density at radius 3 is 1.36 bits per heavy atom. The molecule has 0 heterocycles. The summed E-state index contributed by atoms with van der Waals surface area (Å²) in [5.41, 5.74) is -0.916. The number of aliphatic hydroxyl groups excluding tert-OH is 2. The van der Waals surface area contributed by atoms with Gasteiger partial charge in [-0.05, 0) is 76.0 Å². The molecule has 3 nitrogen and oxygen atoms in total. The summed E-state index contributed by atoms with van der Waals surface area (Å²) in [6.07, 6.45) is 24.9. The smallest absolute Gasteiger partial charge is 0.153 e. The zero-order valence-corrected chi connectivity index (χ0v) is 16.8. The van der Waals surface area contributed by atoms with Crippen LogP contribution in [0, 0.1) is 22.7 Å². The van der Waals surface area contributed by atoms with Crippen molar-refractivity contribution in [3.05, 3.63) is 48.6 Å². The molecule has 0 spiro atoms. The van der Waals surface area contributed by atoms with Crippen molar-refractivity contribution in [1.29, 1.82) is 0 Å². The van der Waals surface area contributed by atoms with Gasteiger partial charge >= 0.3 is 0 Å². The van der Waals surface area contributed by atoms with E-state index < -0.39 is 10.8 Å². The van der Waals surface area contributed by atoms with Gasteiger partial charge in [-0.1, -0.05) is 48.6 Å². The zero-order chi connectivity index (χ0) is 19.6. The van der Waals surface area contributed by atoms with Crippen LogP contribution in [0.15, 0.2) is 48.6 Å². The summed E-state index contributed by atoms with van der Waals surface area (Å²) >= 11 is 0. The van der Waals surface area contributed by atoms with Crippen molar-refractivity contribution in [2.45, 2.75) is 76.4 Å². The summed E-state index contributed by atoms with van der Waals surface area (Å²) < 4.78 is 0. The first kappa shape index (κ1) is 19.8. The summed E-state index contributed by atoms with van der Waals surface area (Å²) in [6.45, 7) is 0. The fourth-order valence-corrected chi connectivity index (χ4v) is 6.20. The molecule has 0 bridgehead atoms. The molecular formula is C25H34O3. The van der Waals surface area contributed by atoms with E-state index in [9.17, 15) is 15.0 Å². The topological polar surface area (TPSA) is 57.5 Å². The number of hydrogen-bond acceptors (Lipinski definition) is 3. The quantitative estimate of drug-likeness (QED) is 0.743. The number of rotatable bonds is 4. The third kappa shape index (κ3) is 3.48. The number of allylic oxidation sites excluding steroid dienone is 8. The summed E-state index contributed by atoms with van der Waals surface area (Å²) in [7, 11) is 0. The predicted molar refractivity (Wildman–Crippen MR) is 112 cm³/mol. The van der Waals surface area contributed by atoms with Crippen LogP contribution in [-0.2, 0) is 4.79 Å². The molecule has 0 amide bonds. The Bertz CT molecular complexity index is 629. The molecule has 4 rings (SSSR count). The Kier molecular flexibility index (Phi) is 5.76. The third-order valence-corrected chi connectivity index (χ3v) is 7.89. The van der Waals surface area contributed by atoms with Crippen LogP contribution >= 0.6 is 0 Å². The monoisotopic (exact) mass is 382 g/mol. The van der Waals surface area contributed by atoms with Crippen molar-refractivity contribution in [3.8, 4) is 0 Å². The molecule has 4 aliphatic rings. The van der Waals surface area contributed by atoms with Crippen molar-refractivity contribution in [2.24, 2.45) is 22.7 Å². The first-order chi connectivity index (χ1) is 13.6. The van der Waals surface area contributed by atoms with E-state index in [-0.39, 0.29) is 12.2 Å². The number of carbonyl (C=O) groups is 1. The predicted octanol–water partition coefficient (Wildman–Crippen LogP) is 4.66. The zero-order valence-electron chi connectivity index (χ0n) is 16.8. The highest BCUT2D eigenvalue weighted by molar-refractivity contribution is 5.95. The highest BCUT2D eigenvalue weighted by atomic mass is 16.3. The van der Waals surface area contributed by atoms with E-state index in [1.807, 2.05) is 0 Å². The maximum atomic E-state index is 14.5. The van der Waals surface area contributed by atoms with E-state index in [1.165, 1.54) is 0 Å². The Balaban J connectivity index is 1.69. The van der Waals surface area contributed by atoms with Crippen LogP contribution in [-0.4, -0.2) is 28.2 Å². The lowest BCUT2D eigenvalue weighted by atomic mass is 9.52. The largest absolute Gasteiger partial charge is 0.393 e. The normalized spacial score (nSPS) is 43.2. The fraction of sp³-hybridized carbons (Fsp3) is 0.640. The highest BCUT2D eigenvalue weighted by Gasteiger charge is 2.54. The Hall–Kier alpha value is -1.45. The van der Waals surface area contributed by atoms with Gasteiger partial charge in [0.2, 0.25) is 0 Å². The van der Waals surface area contributed by atoms with Gasteiger partial charge in [-0.15, -0.1) is 0 Å². The van der Waals surface area contributed by atoms with E-state index in [4.69, 9.17) is 0 Å². The van der Waals surface area contributed by atoms with Crippen molar-refractivity contribution in [3.63, 3.8) is 0 Å². The molecule has 152 valence electrons. The molecule has 2 N–H and O–H groups in total. The van der Waals surface area contributed by atoms with Crippen LogP contribution in [0.2, 0.25) is 0 Å². The summed E-state index contributed by atoms with van der Waals surface area (Å²) in [5.74, 6) is 0.980. The average Bonchev–Trinajstić information content (AvgIpc) is 2.75. The Morgan fingerprint density at radius 1 is 0.643 bits per heavy atom. The minimum atomic E-state index is -0.458. The summed E-state index contributed by atoms with van der Waals surface area (Å²) in [4.78, 5) is 14.5. The molecule has 28 heavy (non-hydrogen) atoms.